The van der Waals surface area contributed by atoms with E-state index in [4.69, 9.17) is 5.11 Å². The average Bonchev–Trinajstić information content (AvgIpc) is 2.91. The minimum atomic E-state index is -3.92. The molecule has 1 saturated carbocycles. The third kappa shape index (κ3) is 2.38. The van der Waals surface area contributed by atoms with Gasteiger partial charge in [-0.05, 0) is 25.8 Å². The number of aromatic nitrogens is 2. The van der Waals surface area contributed by atoms with Crippen LogP contribution >= 0.6 is 0 Å². The van der Waals surface area contributed by atoms with Crippen molar-refractivity contribution in [2.24, 2.45) is 0 Å². The SMILES string of the molecule is CC1(NS(=O)(=O)c2cc(F)c3cnc(C(=O)O)n3c2)CC1. The standard InChI is InChI=1S/C12H12FN3O4S/c1-12(2-3-12)15-21(19,20)7-4-8(13)9-5-14-10(11(17)18)16(9)6-7/h4-6,15H,2-3H2,1H3,(H,17,18). The normalized spacial score (nSPS) is 17.0. The number of carbonyl (C=O) groups is 1. The maximum Gasteiger partial charge on any atom is 0.372 e. The summed E-state index contributed by atoms with van der Waals surface area (Å²) in [5, 5.41) is 8.98. The second-order valence-electron chi connectivity index (χ2n) is 5.33. The zero-order valence-corrected chi connectivity index (χ0v) is 11.8. The lowest BCUT2D eigenvalue weighted by Gasteiger charge is -2.12. The molecule has 2 aromatic rings. The molecule has 0 unspecified atom stereocenters. The van der Waals surface area contributed by atoms with Crippen molar-refractivity contribution in [3.63, 3.8) is 0 Å². The summed E-state index contributed by atoms with van der Waals surface area (Å²) in [6.45, 7) is 1.75. The Kier molecular flexibility index (Phi) is 2.82. The Bertz CT molecular complexity index is 855. The maximum atomic E-state index is 14.0. The number of hydrogen-bond donors (Lipinski definition) is 2. The molecule has 0 saturated heterocycles. The monoisotopic (exact) mass is 313 g/mol. The molecule has 0 aliphatic heterocycles. The van der Waals surface area contributed by atoms with Gasteiger partial charge >= 0.3 is 5.97 Å². The van der Waals surface area contributed by atoms with Gasteiger partial charge in [0.1, 0.15) is 16.2 Å². The fraction of sp³-hybridized carbons (Fsp3) is 0.333. The number of nitrogens with zero attached hydrogens (tertiary/aromatic N) is 2. The van der Waals surface area contributed by atoms with Crippen molar-refractivity contribution in [2.75, 3.05) is 0 Å². The molecule has 0 aromatic carbocycles. The van der Waals surface area contributed by atoms with E-state index >= 15 is 0 Å². The first-order chi connectivity index (χ1) is 9.72. The van der Waals surface area contributed by atoms with Crippen molar-refractivity contribution in [1.29, 1.82) is 0 Å². The number of nitrogens with one attached hydrogen (secondary N) is 1. The van der Waals surface area contributed by atoms with Crippen molar-refractivity contribution in [1.82, 2.24) is 14.1 Å². The number of fused-ring (bicyclic) bond motifs is 1. The van der Waals surface area contributed by atoms with Crippen LogP contribution in [-0.4, -0.2) is 34.4 Å². The van der Waals surface area contributed by atoms with Gasteiger partial charge in [-0.25, -0.2) is 27.3 Å². The minimum absolute atomic E-state index is 0.0935. The fourth-order valence-electron chi connectivity index (χ4n) is 2.01. The molecule has 3 rings (SSSR count). The van der Waals surface area contributed by atoms with Gasteiger partial charge in [0, 0.05) is 11.7 Å². The second kappa shape index (κ2) is 4.25. The van der Waals surface area contributed by atoms with E-state index in [9.17, 15) is 17.6 Å². The Labute approximate surface area is 119 Å². The number of rotatable bonds is 4. The van der Waals surface area contributed by atoms with Gasteiger partial charge in [0.25, 0.3) is 0 Å². The fourth-order valence-corrected chi connectivity index (χ4v) is 3.48. The van der Waals surface area contributed by atoms with Gasteiger partial charge in [-0.2, -0.15) is 0 Å². The number of halogens is 1. The van der Waals surface area contributed by atoms with Crippen LogP contribution in [-0.2, 0) is 10.0 Å². The molecule has 1 aliphatic carbocycles. The Hall–Kier alpha value is -2.00. The lowest BCUT2D eigenvalue weighted by molar-refractivity contribution is 0.0682. The number of pyridine rings is 1. The lowest BCUT2D eigenvalue weighted by atomic mass is 10.4. The predicted octanol–water partition coefficient (Wildman–Crippen LogP) is 1.00. The Morgan fingerprint density at radius 3 is 2.76 bits per heavy atom. The van der Waals surface area contributed by atoms with Crippen LogP contribution in [0.4, 0.5) is 4.39 Å². The van der Waals surface area contributed by atoms with Crippen molar-refractivity contribution in [3.05, 3.63) is 30.1 Å². The first-order valence-electron chi connectivity index (χ1n) is 6.16. The largest absolute Gasteiger partial charge is 0.475 e. The minimum Gasteiger partial charge on any atom is -0.475 e. The summed E-state index contributed by atoms with van der Waals surface area (Å²) in [4.78, 5) is 14.3. The molecule has 0 radical (unpaired) electrons. The quantitative estimate of drug-likeness (QED) is 0.877. The Morgan fingerprint density at radius 2 is 2.19 bits per heavy atom. The summed E-state index contributed by atoms with van der Waals surface area (Å²) in [6, 6.07) is 0.858. The lowest BCUT2D eigenvalue weighted by Crippen LogP contribution is -2.34. The molecule has 1 fully saturated rings. The zero-order chi connectivity index (χ0) is 15.4. The van der Waals surface area contributed by atoms with Gasteiger partial charge in [0.2, 0.25) is 15.8 Å². The maximum absolute atomic E-state index is 14.0. The number of imidazole rings is 1. The Balaban J connectivity index is 2.15. The van der Waals surface area contributed by atoms with Crippen LogP contribution in [0.15, 0.2) is 23.4 Å². The van der Waals surface area contributed by atoms with Gasteiger partial charge in [-0.15, -0.1) is 0 Å². The molecule has 0 atom stereocenters. The summed E-state index contributed by atoms with van der Waals surface area (Å²) in [7, 11) is -3.92. The van der Waals surface area contributed by atoms with Crippen LogP contribution in [0.3, 0.4) is 0 Å². The highest BCUT2D eigenvalue weighted by Gasteiger charge is 2.41. The van der Waals surface area contributed by atoms with E-state index in [0.29, 0.717) is 12.8 Å². The van der Waals surface area contributed by atoms with Gasteiger partial charge in [0.05, 0.1) is 6.20 Å². The number of carboxylic acid groups (broad SMARTS) is 1. The van der Waals surface area contributed by atoms with Crippen LogP contribution in [0.25, 0.3) is 5.52 Å². The number of hydrogen-bond acceptors (Lipinski definition) is 4. The number of sulfonamides is 1. The zero-order valence-electron chi connectivity index (χ0n) is 11.0. The van der Waals surface area contributed by atoms with Crippen LogP contribution in [0, 0.1) is 5.82 Å². The molecule has 2 N–H and O–H groups in total. The molecule has 0 amide bonds. The summed E-state index contributed by atoms with van der Waals surface area (Å²) in [5.74, 6) is -2.66. The van der Waals surface area contributed by atoms with E-state index < -0.39 is 33.2 Å². The summed E-state index contributed by atoms with van der Waals surface area (Å²) < 4.78 is 41.8. The van der Waals surface area contributed by atoms with Crippen molar-refractivity contribution in [2.45, 2.75) is 30.2 Å². The highest BCUT2D eigenvalue weighted by atomic mass is 32.2. The molecule has 1 aliphatic rings. The summed E-state index contributed by atoms with van der Waals surface area (Å²) in [6.07, 6.45) is 3.53. The summed E-state index contributed by atoms with van der Waals surface area (Å²) in [5.41, 5.74) is -0.599. The van der Waals surface area contributed by atoms with Gasteiger partial charge in [-0.1, -0.05) is 0 Å². The summed E-state index contributed by atoms with van der Waals surface area (Å²) >= 11 is 0. The Morgan fingerprint density at radius 1 is 1.52 bits per heavy atom. The number of carboxylic acids is 1. The van der Waals surface area contributed by atoms with Crippen LogP contribution in [0.2, 0.25) is 0 Å². The highest BCUT2D eigenvalue weighted by Crippen LogP contribution is 2.36. The molecular weight excluding hydrogens is 301 g/mol. The average molecular weight is 313 g/mol. The van der Waals surface area contributed by atoms with E-state index in [1.807, 2.05) is 0 Å². The molecule has 112 valence electrons. The van der Waals surface area contributed by atoms with E-state index in [0.717, 1.165) is 22.9 Å². The molecule has 21 heavy (non-hydrogen) atoms. The molecule has 2 heterocycles. The third-order valence-electron chi connectivity index (χ3n) is 3.45. The first-order valence-corrected chi connectivity index (χ1v) is 7.64. The van der Waals surface area contributed by atoms with Crippen LogP contribution in [0.1, 0.15) is 30.4 Å². The van der Waals surface area contributed by atoms with Gasteiger partial charge in [0.15, 0.2) is 0 Å². The van der Waals surface area contributed by atoms with E-state index in [1.54, 1.807) is 6.92 Å². The molecule has 0 bridgehead atoms. The van der Waals surface area contributed by atoms with Crippen molar-refractivity contribution < 1.29 is 22.7 Å². The molecule has 7 nitrogen and oxygen atoms in total. The van der Waals surface area contributed by atoms with Crippen LogP contribution in [0.5, 0.6) is 0 Å². The third-order valence-corrected chi connectivity index (χ3v) is 5.05. The smallest absolute Gasteiger partial charge is 0.372 e. The predicted molar refractivity (Wildman–Crippen MR) is 70.1 cm³/mol. The second-order valence-corrected chi connectivity index (χ2v) is 7.01. The first kappa shape index (κ1) is 14.0. The van der Waals surface area contributed by atoms with E-state index in [1.165, 1.54) is 0 Å². The molecule has 2 aromatic heterocycles. The molecule has 9 heteroatoms. The van der Waals surface area contributed by atoms with Gasteiger partial charge < -0.3 is 5.11 Å². The topological polar surface area (TPSA) is 101 Å². The molecule has 0 spiro atoms. The number of aromatic carboxylic acids is 1. The van der Waals surface area contributed by atoms with Crippen molar-refractivity contribution in [3.8, 4) is 0 Å². The highest BCUT2D eigenvalue weighted by molar-refractivity contribution is 7.89. The van der Waals surface area contributed by atoms with E-state index in [-0.39, 0.29) is 10.4 Å². The molecular formula is C12H12FN3O4S. The van der Waals surface area contributed by atoms with Gasteiger partial charge in [-0.3, -0.25) is 4.40 Å². The van der Waals surface area contributed by atoms with E-state index in [2.05, 4.69) is 9.71 Å². The van der Waals surface area contributed by atoms with Crippen molar-refractivity contribution >= 4 is 21.5 Å². The van der Waals surface area contributed by atoms with Crippen LogP contribution < -0.4 is 4.72 Å².